The van der Waals surface area contributed by atoms with Crippen molar-refractivity contribution in [2.75, 3.05) is 33.2 Å². The summed E-state index contributed by atoms with van der Waals surface area (Å²) in [5.41, 5.74) is 4.89. The molecular weight excluding hydrogens is 515 g/mol. The van der Waals surface area contributed by atoms with E-state index in [9.17, 15) is 14.3 Å². The molecule has 1 aliphatic carbocycles. The highest BCUT2D eigenvalue weighted by molar-refractivity contribution is 5.69. The molecule has 4 atom stereocenters. The highest BCUT2D eigenvalue weighted by Crippen LogP contribution is 2.46. The molecule has 0 bridgehead atoms. The Kier molecular flexibility index (Phi) is 9.56. The summed E-state index contributed by atoms with van der Waals surface area (Å²) in [5, 5.41) is 14.3. The van der Waals surface area contributed by atoms with Crippen molar-refractivity contribution in [3.8, 4) is 0 Å². The van der Waals surface area contributed by atoms with E-state index in [-0.39, 0.29) is 24.3 Å². The third-order valence-corrected chi connectivity index (χ3v) is 9.66. The zero-order valence-electron chi connectivity index (χ0n) is 24.8. The highest BCUT2D eigenvalue weighted by atomic mass is 19.1. The molecule has 1 aliphatic heterocycles. The fraction of sp³-hybridized carbons (Fsp3) is 0.529. The van der Waals surface area contributed by atoms with Crippen molar-refractivity contribution in [1.29, 1.82) is 0 Å². The number of piperidine rings is 1. The van der Waals surface area contributed by atoms with Crippen molar-refractivity contribution in [1.82, 2.24) is 19.6 Å². The Labute approximate surface area is 244 Å². The first-order valence-electron chi connectivity index (χ1n) is 15.3. The third-order valence-electron chi connectivity index (χ3n) is 9.66. The molecule has 6 nitrogen and oxygen atoms in total. The van der Waals surface area contributed by atoms with Crippen LogP contribution in [0.15, 0.2) is 60.7 Å². The average molecular weight is 561 g/mol. The summed E-state index contributed by atoms with van der Waals surface area (Å²) in [6.45, 7) is 8.37. The Morgan fingerprint density at radius 1 is 1.10 bits per heavy atom. The van der Waals surface area contributed by atoms with Crippen molar-refractivity contribution in [3.63, 3.8) is 0 Å². The summed E-state index contributed by atoms with van der Waals surface area (Å²) in [4.78, 5) is 15.9. The van der Waals surface area contributed by atoms with Gasteiger partial charge in [-0.3, -0.25) is 14.4 Å². The minimum Gasteiger partial charge on any atom is -0.480 e. The zero-order valence-corrected chi connectivity index (χ0v) is 24.8. The predicted molar refractivity (Wildman–Crippen MR) is 161 cm³/mol. The van der Waals surface area contributed by atoms with Gasteiger partial charge in [-0.1, -0.05) is 42.5 Å². The fourth-order valence-corrected chi connectivity index (χ4v) is 7.33. The molecule has 2 fully saturated rings. The van der Waals surface area contributed by atoms with Gasteiger partial charge in [-0.2, -0.15) is 5.10 Å². The number of aryl methyl sites for hydroxylation is 1. The van der Waals surface area contributed by atoms with Gasteiger partial charge in [0.2, 0.25) is 0 Å². The SMILES string of the molecule is CCn1nc(Cc2ccccc2)cc1C1CCN(C[C@H]2C[C@H]([C@@H](C)N(C)CC(=O)O)C[C@@H]2c2cccc(F)c2)CC1. The Morgan fingerprint density at radius 2 is 1.85 bits per heavy atom. The fourth-order valence-electron chi connectivity index (χ4n) is 7.33. The number of likely N-dealkylation sites (N-methyl/N-ethyl adjacent to an activating group) is 1. The van der Waals surface area contributed by atoms with E-state index >= 15 is 0 Å². The number of aromatic nitrogens is 2. The molecule has 0 unspecified atom stereocenters. The molecule has 2 aliphatic rings. The van der Waals surface area contributed by atoms with Gasteiger partial charge in [0.25, 0.3) is 0 Å². The van der Waals surface area contributed by atoms with Gasteiger partial charge in [-0.15, -0.1) is 0 Å². The smallest absolute Gasteiger partial charge is 0.317 e. The second-order valence-corrected chi connectivity index (χ2v) is 12.3. The summed E-state index contributed by atoms with van der Waals surface area (Å²) in [5.74, 6) is 0.643. The normalized spacial score (nSPS) is 22.8. The molecule has 1 saturated carbocycles. The Morgan fingerprint density at radius 3 is 2.54 bits per heavy atom. The van der Waals surface area contributed by atoms with Crippen LogP contribution in [0.3, 0.4) is 0 Å². The standard InChI is InChI=1S/C34H45FN4O2/c1-4-39-33(21-31(36-39)17-25-9-6-5-7-10-25)26-13-15-38(16-14-26)22-29-18-28(24(2)37(3)23-34(40)41)20-32(29)27-11-8-12-30(35)19-27/h5-12,19,21,24,26,28-29,32H,4,13-18,20,22-23H2,1-3H3,(H,40,41)/t24-,28+,29-,32-/m1/s1. The number of carboxylic acid groups (broad SMARTS) is 1. The van der Waals surface area contributed by atoms with Gasteiger partial charge >= 0.3 is 5.97 Å². The number of hydrogen-bond donors (Lipinski definition) is 1. The molecule has 1 N–H and O–H groups in total. The largest absolute Gasteiger partial charge is 0.480 e. The molecule has 3 aromatic rings. The van der Waals surface area contributed by atoms with Crippen LogP contribution < -0.4 is 0 Å². The number of likely N-dealkylation sites (tertiary alicyclic amines) is 1. The lowest BCUT2D eigenvalue weighted by molar-refractivity contribution is -0.138. The minimum atomic E-state index is -0.796. The van der Waals surface area contributed by atoms with E-state index in [1.54, 1.807) is 6.07 Å². The van der Waals surface area contributed by atoms with E-state index in [1.807, 2.05) is 18.0 Å². The van der Waals surface area contributed by atoms with Gasteiger partial charge in [0.15, 0.2) is 0 Å². The first kappa shape index (κ1) is 29.5. The Balaban J connectivity index is 1.24. The topological polar surface area (TPSA) is 61.6 Å². The van der Waals surface area contributed by atoms with Gasteiger partial charge in [0.05, 0.1) is 12.2 Å². The molecule has 41 heavy (non-hydrogen) atoms. The van der Waals surface area contributed by atoms with Crippen LogP contribution in [0.5, 0.6) is 0 Å². The summed E-state index contributed by atoms with van der Waals surface area (Å²) in [6.07, 6.45) is 5.11. The second kappa shape index (κ2) is 13.3. The van der Waals surface area contributed by atoms with Crippen LogP contribution in [0, 0.1) is 17.7 Å². The molecule has 0 amide bonds. The maximum atomic E-state index is 14.2. The van der Waals surface area contributed by atoms with Gasteiger partial charge in [0, 0.05) is 37.2 Å². The molecule has 2 aromatic carbocycles. The minimum absolute atomic E-state index is 0.0435. The number of benzene rings is 2. The van der Waals surface area contributed by atoms with Crippen LogP contribution in [0.25, 0.3) is 0 Å². The molecule has 1 aromatic heterocycles. The Hall–Kier alpha value is -3.03. The van der Waals surface area contributed by atoms with E-state index in [4.69, 9.17) is 5.10 Å². The molecule has 220 valence electrons. The van der Waals surface area contributed by atoms with Crippen molar-refractivity contribution in [3.05, 3.63) is 89.0 Å². The van der Waals surface area contributed by atoms with Crippen molar-refractivity contribution in [2.24, 2.45) is 11.8 Å². The van der Waals surface area contributed by atoms with Crippen molar-refractivity contribution in [2.45, 2.75) is 70.4 Å². The number of hydrogen-bond acceptors (Lipinski definition) is 4. The number of carboxylic acids is 1. The lowest BCUT2D eigenvalue weighted by atomic mass is 9.87. The predicted octanol–water partition coefficient (Wildman–Crippen LogP) is 6.03. The van der Waals surface area contributed by atoms with Crippen LogP contribution in [0.1, 0.15) is 73.9 Å². The van der Waals surface area contributed by atoms with E-state index in [2.05, 4.69) is 65.9 Å². The maximum absolute atomic E-state index is 14.2. The molecule has 2 heterocycles. The van der Waals surface area contributed by atoms with Gasteiger partial charge in [0.1, 0.15) is 5.82 Å². The first-order chi connectivity index (χ1) is 19.8. The van der Waals surface area contributed by atoms with E-state index in [1.165, 1.54) is 17.3 Å². The van der Waals surface area contributed by atoms with Gasteiger partial charge < -0.3 is 10.0 Å². The van der Waals surface area contributed by atoms with Crippen LogP contribution in [0.4, 0.5) is 4.39 Å². The number of rotatable bonds is 11. The number of aliphatic carboxylic acids is 1. The lowest BCUT2D eigenvalue weighted by Gasteiger charge is -2.35. The Bertz CT molecular complexity index is 1290. The molecule has 0 radical (unpaired) electrons. The maximum Gasteiger partial charge on any atom is 0.317 e. The van der Waals surface area contributed by atoms with Crippen LogP contribution in [-0.2, 0) is 17.8 Å². The summed E-state index contributed by atoms with van der Waals surface area (Å²) in [6, 6.07) is 20.2. The molecule has 0 spiro atoms. The zero-order chi connectivity index (χ0) is 28.9. The summed E-state index contributed by atoms with van der Waals surface area (Å²) in [7, 11) is 1.90. The van der Waals surface area contributed by atoms with Gasteiger partial charge in [-0.25, -0.2) is 4.39 Å². The van der Waals surface area contributed by atoms with Gasteiger partial charge in [-0.05, 0) is 107 Å². The molecule has 1 saturated heterocycles. The van der Waals surface area contributed by atoms with E-state index in [0.29, 0.717) is 17.8 Å². The summed E-state index contributed by atoms with van der Waals surface area (Å²) < 4.78 is 16.4. The van der Waals surface area contributed by atoms with Crippen LogP contribution >= 0.6 is 0 Å². The number of carbonyl (C=O) groups is 1. The molecule has 7 heteroatoms. The third kappa shape index (κ3) is 7.25. The number of nitrogens with zero attached hydrogens (tertiary/aromatic N) is 4. The summed E-state index contributed by atoms with van der Waals surface area (Å²) >= 11 is 0. The van der Waals surface area contributed by atoms with Crippen molar-refractivity contribution < 1.29 is 14.3 Å². The quantitative estimate of drug-likeness (QED) is 0.310. The van der Waals surface area contributed by atoms with Crippen molar-refractivity contribution >= 4 is 5.97 Å². The first-order valence-corrected chi connectivity index (χ1v) is 15.3. The van der Waals surface area contributed by atoms with Crippen LogP contribution in [0.2, 0.25) is 0 Å². The lowest BCUT2D eigenvalue weighted by Crippen LogP contribution is -2.39. The highest BCUT2D eigenvalue weighted by Gasteiger charge is 2.40. The van der Waals surface area contributed by atoms with E-state index in [0.717, 1.165) is 69.5 Å². The monoisotopic (exact) mass is 560 g/mol. The average Bonchev–Trinajstić information content (AvgIpc) is 3.57. The van der Waals surface area contributed by atoms with Crippen LogP contribution in [-0.4, -0.2) is 69.9 Å². The number of halogens is 1. The molecule has 5 rings (SSSR count). The van der Waals surface area contributed by atoms with E-state index < -0.39 is 5.97 Å². The second-order valence-electron chi connectivity index (χ2n) is 12.3. The molecular formula is C34H45FN4O2.